The van der Waals surface area contributed by atoms with Crippen molar-refractivity contribution in [1.29, 1.82) is 0 Å². The molecule has 1 aliphatic heterocycles. The molecule has 130 valence electrons. The summed E-state index contributed by atoms with van der Waals surface area (Å²) in [5, 5.41) is 39.9. The molecule has 7 N–H and O–H groups in total. The summed E-state index contributed by atoms with van der Waals surface area (Å²) in [5.41, 5.74) is -0.0917. The predicted octanol–water partition coefficient (Wildman–Crippen LogP) is -2.99. The lowest BCUT2D eigenvalue weighted by atomic mass is 9.99. The Morgan fingerprint density at radius 2 is 1.91 bits per heavy atom. The Balaban J connectivity index is 0.00000264. The molecule has 0 unspecified atom stereocenters. The number of aliphatic hydroxyl groups is 3. The number of hydrogen-bond acceptors (Lipinski definition) is 8. The topological polar surface area (TPSA) is 178 Å². The number of pyridine rings is 1. The van der Waals surface area contributed by atoms with E-state index >= 15 is 0 Å². The fourth-order valence-electron chi connectivity index (χ4n) is 2.11. The fourth-order valence-corrected chi connectivity index (χ4v) is 2.11. The molecule has 10 nitrogen and oxygen atoms in total. The number of rotatable bonds is 3. The summed E-state index contributed by atoms with van der Waals surface area (Å²) in [6.07, 6.45) is -7.47. The first-order valence-electron chi connectivity index (χ1n) is 6.47. The number of carboxylic acid groups (broad SMARTS) is 1. The first kappa shape index (κ1) is 19.1. The lowest BCUT2D eigenvalue weighted by Crippen LogP contribution is -2.63. The summed E-state index contributed by atoms with van der Waals surface area (Å²) in [6, 6.07) is 1.22. The predicted molar refractivity (Wildman–Crippen MR) is 74.7 cm³/mol. The van der Waals surface area contributed by atoms with Crippen LogP contribution in [0.25, 0.3) is 0 Å². The summed E-state index contributed by atoms with van der Waals surface area (Å²) in [7, 11) is 1.66. The van der Waals surface area contributed by atoms with Crippen molar-refractivity contribution in [3.8, 4) is 5.75 Å². The van der Waals surface area contributed by atoms with Gasteiger partial charge in [0.25, 0.3) is 0 Å². The van der Waals surface area contributed by atoms with Gasteiger partial charge in [-0.15, -0.1) is 0 Å². The van der Waals surface area contributed by atoms with Crippen LogP contribution in [-0.2, 0) is 16.6 Å². The molecule has 1 fully saturated rings. The van der Waals surface area contributed by atoms with E-state index < -0.39 is 42.1 Å². The summed E-state index contributed by atoms with van der Waals surface area (Å²) >= 11 is 0. The van der Waals surface area contributed by atoms with E-state index in [0.29, 0.717) is 5.69 Å². The third-order valence-electron chi connectivity index (χ3n) is 3.57. The SMILES string of the molecule is Cc1c(O[C@@H]2O[C@H](C(=O)[O-])[C@@H](O)[C@H](O)[C@H]2O)c(=O)ccn1C.[NH4+]. The van der Waals surface area contributed by atoms with Crippen LogP contribution in [-0.4, -0.2) is 56.6 Å². The van der Waals surface area contributed by atoms with Crippen molar-refractivity contribution < 1.29 is 34.7 Å². The van der Waals surface area contributed by atoms with Crippen molar-refractivity contribution in [1.82, 2.24) is 10.7 Å². The molecule has 10 heteroatoms. The third kappa shape index (κ3) is 3.51. The molecular formula is C13H20N2O8. The molecule has 2 rings (SSSR count). The number of carboxylic acids is 1. The van der Waals surface area contributed by atoms with Crippen LogP contribution in [0.3, 0.4) is 0 Å². The van der Waals surface area contributed by atoms with E-state index in [0.717, 1.165) is 0 Å². The Bertz CT molecular complexity index is 631. The summed E-state index contributed by atoms with van der Waals surface area (Å²) in [4.78, 5) is 22.7. The number of carbonyl (C=O) groups is 1. The van der Waals surface area contributed by atoms with Gasteiger partial charge < -0.3 is 45.4 Å². The number of quaternary nitrogens is 1. The lowest BCUT2D eigenvalue weighted by Gasteiger charge is -2.40. The maximum Gasteiger partial charge on any atom is 0.229 e. The molecule has 0 aromatic carbocycles. The highest BCUT2D eigenvalue weighted by atomic mass is 16.7. The van der Waals surface area contributed by atoms with Crippen LogP contribution >= 0.6 is 0 Å². The number of nitrogens with zero attached hydrogens (tertiary/aromatic N) is 1. The molecule has 0 spiro atoms. The van der Waals surface area contributed by atoms with E-state index in [2.05, 4.69) is 0 Å². The number of aryl methyl sites for hydroxylation is 1. The number of aromatic nitrogens is 1. The van der Waals surface area contributed by atoms with Gasteiger partial charge in [0.15, 0.2) is 5.75 Å². The normalized spacial score (nSPS) is 30.4. The first-order valence-corrected chi connectivity index (χ1v) is 6.47. The smallest absolute Gasteiger partial charge is 0.229 e. The quantitative estimate of drug-likeness (QED) is 0.452. The van der Waals surface area contributed by atoms with Crippen LogP contribution in [0.15, 0.2) is 17.1 Å². The van der Waals surface area contributed by atoms with Crippen LogP contribution in [0.4, 0.5) is 0 Å². The van der Waals surface area contributed by atoms with Crippen molar-refractivity contribution in [3.05, 3.63) is 28.2 Å². The van der Waals surface area contributed by atoms with E-state index in [1.54, 1.807) is 18.5 Å². The molecule has 1 aromatic heterocycles. The van der Waals surface area contributed by atoms with E-state index in [9.17, 15) is 30.0 Å². The van der Waals surface area contributed by atoms with E-state index in [4.69, 9.17) is 9.47 Å². The van der Waals surface area contributed by atoms with Crippen molar-refractivity contribution >= 4 is 5.97 Å². The zero-order valence-corrected chi connectivity index (χ0v) is 12.9. The largest absolute Gasteiger partial charge is 0.547 e. The molecule has 0 amide bonds. The van der Waals surface area contributed by atoms with Crippen LogP contribution in [0.5, 0.6) is 5.75 Å². The molecule has 0 aliphatic carbocycles. The molecule has 1 aliphatic rings. The van der Waals surface area contributed by atoms with Gasteiger partial charge in [-0.1, -0.05) is 0 Å². The van der Waals surface area contributed by atoms with Crippen molar-refractivity contribution in [2.24, 2.45) is 7.05 Å². The molecule has 0 bridgehead atoms. The van der Waals surface area contributed by atoms with Crippen LogP contribution in [0, 0.1) is 6.92 Å². The van der Waals surface area contributed by atoms with Crippen LogP contribution < -0.4 is 21.4 Å². The number of hydrogen-bond donors (Lipinski definition) is 4. The maximum atomic E-state index is 11.8. The first-order chi connectivity index (χ1) is 10.2. The average molecular weight is 332 g/mol. The second-order valence-electron chi connectivity index (χ2n) is 5.04. The van der Waals surface area contributed by atoms with E-state index in [-0.39, 0.29) is 11.9 Å². The number of aliphatic carboxylic acids is 1. The zero-order chi connectivity index (χ0) is 16.6. The molecule has 0 saturated carbocycles. The highest BCUT2D eigenvalue weighted by Crippen LogP contribution is 2.24. The van der Waals surface area contributed by atoms with Crippen molar-refractivity contribution in [3.63, 3.8) is 0 Å². The minimum Gasteiger partial charge on any atom is -0.547 e. The van der Waals surface area contributed by atoms with Gasteiger partial charge >= 0.3 is 0 Å². The maximum absolute atomic E-state index is 11.8. The van der Waals surface area contributed by atoms with Gasteiger partial charge in [-0.25, -0.2) is 0 Å². The fraction of sp³-hybridized carbons (Fsp3) is 0.538. The summed E-state index contributed by atoms with van der Waals surface area (Å²) in [5.74, 6) is -1.93. The Kier molecular flexibility index (Phi) is 5.86. The molecule has 2 heterocycles. The van der Waals surface area contributed by atoms with Crippen LogP contribution in [0.1, 0.15) is 5.69 Å². The van der Waals surface area contributed by atoms with Gasteiger partial charge in [0, 0.05) is 19.3 Å². The van der Waals surface area contributed by atoms with Gasteiger partial charge in [-0.2, -0.15) is 0 Å². The minimum absolute atomic E-state index is 0. The minimum atomic E-state index is -1.89. The number of carbonyl (C=O) groups excluding carboxylic acids is 1. The molecule has 23 heavy (non-hydrogen) atoms. The van der Waals surface area contributed by atoms with Gasteiger partial charge in [0.2, 0.25) is 11.7 Å². The molecule has 1 saturated heterocycles. The lowest BCUT2D eigenvalue weighted by molar-refractivity contribution is -0.342. The third-order valence-corrected chi connectivity index (χ3v) is 3.57. The zero-order valence-electron chi connectivity index (χ0n) is 12.9. The van der Waals surface area contributed by atoms with Gasteiger partial charge in [0.1, 0.15) is 24.4 Å². The van der Waals surface area contributed by atoms with Gasteiger partial charge in [-0.05, 0) is 6.92 Å². The molecular weight excluding hydrogens is 312 g/mol. The Labute approximate surface area is 131 Å². The molecule has 0 radical (unpaired) electrons. The molecule has 5 atom stereocenters. The number of ether oxygens (including phenoxy) is 2. The van der Waals surface area contributed by atoms with Gasteiger partial charge in [0.05, 0.1) is 11.7 Å². The molecule has 1 aromatic rings. The van der Waals surface area contributed by atoms with Gasteiger partial charge in [-0.3, -0.25) is 4.79 Å². The van der Waals surface area contributed by atoms with Crippen molar-refractivity contribution in [2.75, 3.05) is 0 Å². The second kappa shape index (κ2) is 7.06. The van der Waals surface area contributed by atoms with E-state index in [1.165, 1.54) is 12.3 Å². The van der Waals surface area contributed by atoms with Crippen molar-refractivity contribution in [2.45, 2.75) is 37.6 Å². The Morgan fingerprint density at radius 3 is 2.48 bits per heavy atom. The Morgan fingerprint density at radius 1 is 1.30 bits per heavy atom. The highest BCUT2D eigenvalue weighted by molar-refractivity contribution is 5.71. The standard InChI is InChI=1S/C13H17NO8.H3N/c1-5-10(6(15)3-4-14(5)2)21-13-9(18)7(16)8(17)11(22-13)12(19)20;/h3-4,7-9,11,13,16-18H,1-2H3,(H,19,20);1H3/t7-,8-,9+,11-,13+;/m0./s1. The van der Waals surface area contributed by atoms with E-state index in [1.807, 2.05) is 0 Å². The highest BCUT2D eigenvalue weighted by Gasteiger charge is 2.45. The monoisotopic (exact) mass is 332 g/mol. The summed E-state index contributed by atoms with van der Waals surface area (Å²) in [6.45, 7) is 1.58. The number of aliphatic hydroxyl groups excluding tert-OH is 3. The average Bonchev–Trinajstić information content (AvgIpc) is 2.47. The Hall–Kier alpha value is -1.98. The second-order valence-corrected chi connectivity index (χ2v) is 5.04. The van der Waals surface area contributed by atoms with Crippen LogP contribution in [0.2, 0.25) is 0 Å². The summed E-state index contributed by atoms with van der Waals surface area (Å²) < 4.78 is 11.7.